The molecule has 1 amide bonds. The number of benzene rings is 2. The van der Waals surface area contributed by atoms with Crippen molar-refractivity contribution in [2.75, 3.05) is 11.3 Å². The molecular weight excluding hydrogens is 405 g/mol. The number of hydrogen-bond donors (Lipinski definition) is 2. The third-order valence-electron chi connectivity index (χ3n) is 3.20. The second-order valence-corrected chi connectivity index (χ2v) is 7.41. The molecule has 144 valence electrons. The van der Waals surface area contributed by atoms with Crippen molar-refractivity contribution in [2.45, 2.75) is 11.1 Å². The molecular formula is C17H14ClF3N2O3S. The number of sulfonamides is 1. The fraction of sp³-hybridized carbons (Fsp3) is 0.118. The minimum absolute atomic E-state index is 0.0407. The number of anilines is 1. The van der Waals surface area contributed by atoms with Gasteiger partial charge >= 0.3 is 6.18 Å². The van der Waals surface area contributed by atoms with E-state index in [1.807, 2.05) is 0 Å². The number of rotatable bonds is 6. The molecule has 0 spiro atoms. The second-order valence-electron chi connectivity index (χ2n) is 5.32. The van der Waals surface area contributed by atoms with Crippen molar-refractivity contribution in [3.8, 4) is 0 Å². The van der Waals surface area contributed by atoms with Crippen LogP contribution in [0.5, 0.6) is 0 Å². The predicted octanol–water partition coefficient (Wildman–Crippen LogP) is 3.83. The Morgan fingerprint density at radius 1 is 1.07 bits per heavy atom. The van der Waals surface area contributed by atoms with E-state index in [9.17, 15) is 26.4 Å². The fourth-order valence-electron chi connectivity index (χ4n) is 1.92. The van der Waals surface area contributed by atoms with Gasteiger partial charge in [-0.05, 0) is 35.9 Å². The summed E-state index contributed by atoms with van der Waals surface area (Å²) < 4.78 is 63.1. The first kappa shape index (κ1) is 20.8. The zero-order valence-corrected chi connectivity index (χ0v) is 15.2. The first-order valence-electron chi connectivity index (χ1n) is 7.47. The zero-order chi connectivity index (χ0) is 20.1. The highest BCUT2D eigenvalue weighted by atomic mass is 35.5. The van der Waals surface area contributed by atoms with Crippen molar-refractivity contribution in [3.63, 3.8) is 0 Å². The van der Waals surface area contributed by atoms with Gasteiger partial charge in [0.05, 0.1) is 15.6 Å². The first-order chi connectivity index (χ1) is 12.6. The number of carbonyl (C=O) groups is 1. The molecule has 0 saturated heterocycles. The van der Waals surface area contributed by atoms with Crippen molar-refractivity contribution in [1.29, 1.82) is 0 Å². The van der Waals surface area contributed by atoms with Crippen molar-refractivity contribution >= 4 is 39.3 Å². The second kappa shape index (κ2) is 8.45. The van der Waals surface area contributed by atoms with E-state index in [0.717, 1.165) is 6.08 Å². The van der Waals surface area contributed by atoms with Gasteiger partial charge < -0.3 is 5.32 Å². The van der Waals surface area contributed by atoms with Gasteiger partial charge in [-0.2, -0.15) is 13.2 Å². The fourth-order valence-corrected chi connectivity index (χ4v) is 3.24. The third-order valence-corrected chi connectivity index (χ3v) is 4.91. The van der Waals surface area contributed by atoms with E-state index >= 15 is 0 Å². The Morgan fingerprint density at radius 3 is 2.30 bits per heavy atom. The number of para-hydroxylation sites is 1. The standard InChI is InChI=1S/C17H14ClF3N2O3S/c18-14-3-1-2-4-15(14)23-27(25,26)13-8-5-12(6-9-13)7-10-16(24)22-11-17(19,20)21/h1-10,23H,11H2,(H,22,24)/b10-7+. The Labute approximate surface area is 158 Å². The van der Waals surface area contributed by atoms with Crippen LogP contribution in [0.3, 0.4) is 0 Å². The molecule has 2 aromatic rings. The maximum absolute atomic E-state index is 12.4. The van der Waals surface area contributed by atoms with Crippen LogP contribution in [0.4, 0.5) is 18.9 Å². The van der Waals surface area contributed by atoms with E-state index < -0.39 is 28.7 Å². The Morgan fingerprint density at radius 2 is 1.70 bits per heavy atom. The quantitative estimate of drug-likeness (QED) is 0.700. The lowest BCUT2D eigenvalue weighted by Gasteiger charge is -2.09. The summed E-state index contributed by atoms with van der Waals surface area (Å²) in [6, 6.07) is 11.8. The molecule has 2 aromatic carbocycles. The zero-order valence-electron chi connectivity index (χ0n) is 13.6. The Bertz CT molecular complexity index is 943. The summed E-state index contributed by atoms with van der Waals surface area (Å²) in [6.45, 7) is -1.43. The minimum Gasteiger partial charge on any atom is -0.343 e. The van der Waals surface area contributed by atoms with Crippen molar-refractivity contribution < 1.29 is 26.4 Å². The number of carbonyl (C=O) groups excluding carboxylic acids is 1. The first-order valence-corrected chi connectivity index (χ1v) is 9.33. The number of amides is 1. The Kier molecular flexibility index (Phi) is 6.50. The molecule has 0 aliphatic heterocycles. The van der Waals surface area contributed by atoms with Crippen LogP contribution in [0.25, 0.3) is 6.08 Å². The lowest BCUT2D eigenvalue weighted by molar-refractivity contribution is -0.135. The highest BCUT2D eigenvalue weighted by Crippen LogP contribution is 2.24. The average Bonchev–Trinajstić information content (AvgIpc) is 2.60. The predicted molar refractivity (Wildman–Crippen MR) is 96.8 cm³/mol. The monoisotopic (exact) mass is 418 g/mol. The molecule has 0 fully saturated rings. The summed E-state index contributed by atoms with van der Waals surface area (Å²) in [6.07, 6.45) is -2.30. The van der Waals surface area contributed by atoms with Crippen LogP contribution < -0.4 is 10.0 Å². The molecule has 0 bridgehead atoms. The Hall–Kier alpha value is -2.52. The average molecular weight is 419 g/mol. The molecule has 0 unspecified atom stereocenters. The number of nitrogens with one attached hydrogen (secondary N) is 2. The summed E-state index contributed by atoms with van der Waals surface area (Å²) in [7, 11) is -3.87. The van der Waals surface area contributed by atoms with Crippen LogP contribution in [-0.2, 0) is 14.8 Å². The minimum atomic E-state index is -4.49. The van der Waals surface area contributed by atoms with Gasteiger partial charge in [0.25, 0.3) is 10.0 Å². The molecule has 0 aromatic heterocycles. The third kappa shape index (κ3) is 6.61. The van der Waals surface area contributed by atoms with Crippen LogP contribution in [0.2, 0.25) is 5.02 Å². The van der Waals surface area contributed by atoms with Gasteiger partial charge in [-0.3, -0.25) is 9.52 Å². The summed E-state index contributed by atoms with van der Waals surface area (Å²) >= 11 is 5.92. The van der Waals surface area contributed by atoms with E-state index in [0.29, 0.717) is 5.56 Å². The van der Waals surface area contributed by atoms with E-state index in [-0.39, 0.29) is 15.6 Å². The maximum atomic E-state index is 12.4. The summed E-state index contributed by atoms with van der Waals surface area (Å²) in [4.78, 5) is 11.3. The van der Waals surface area contributed by atoms with Crippen LogP contribution in [0.15, 0.2) is 59.5 Å². The van der Waals surface area contributed by atoms with Gasteiger partial charge in [-0.1, -0.05) is 35.9 Å². The van der Waals surface area contributed by atoms with Crippen molar-refractivity contribution in [3.05, 3.63) is 65.2 Å². The summed E-state index contributed by atoms with van der Waals surface area (Å²) in [5, 5.41) is 1.93. The topological polar surface area (TPSA) is 75.3 Å². The Balaban J connectivity index is 2.05. The van der Waals surface area contributed by atoms with Crippen LogP contribution >= 0.6 is 11.6 Å². The summed E-state index contributed by atoms with van der Waals surface area (Å²) in [5.74, 6) is -0.913. The molecule has 5 nitrogen and oxygen atoms in total. The van der Waals surface area contributed by atoms with Gasteiger partial charge in [-0.15, -0.1) is 0 Å². The lowest BCUT2D eigenvalue weighted by atomic mass is 10.2. The largest absolute Gasteiger partial charge is 0.405 e. The van der Waals surface area contributed by atoms with Crippen LogP contribution in [0, 0.1) is 0 Å². The van der Waals surface area contributed by atoms with Crippen molar-refractivity contribution in [2.24, 2.45) is 0 Å². The maximum Gasteiger partial charge on any atom is 0.405 e. The van der Waals surface area contributed by atoms with Gasteiger partial charge in [-0.25, -0.2) is 8.42 Å². The molecule has 27 heavy (non-hydrogen) atoms. The van der Waals surface area contributed by atoms with Gasteiger partial charge in [0, 0.05) is 6.08 Å². The highest BCUT2D eigenvalue weighted by molar-refractivity contribution is 7.92. The van der Waals surface area contributed by atoms with Gasteiger partial charge in [0.2, 0.25) is 5.91 Å². The molecule has 0 radical (unpaired) electrons. The number of alkyl halides is 3. The van der Waals surface area contributed by atoms with E-state index in [4.69, 9.17) is 11.6 Å². The SMILES string of the molecule is O=C(/C=C/c1ccc(S(=O)(=O)Nc2ccccc2Cl)cc1)NCC(F)(F)F. The van der Waals surface area contributed by atoms with Gasteiger partial charge in [0.15, 0.2) is 0 Å². The van der Waals surface area contributed by atoms with E-state index in [1.54, 1.807) is 17.4 Å². The molecule has 0 aliphatic carbocycles. The molecule has 0 atom stereocenters. The molecule has 10 heteroatoms. The number of halogens is 4. The van der Waals surface area contributed by atoms with E-state index in [1.165, 1.54) is 42.5 Å². The normalized spacial score (nSPS) is 12.1. The van der Waals surface area contributed by atoms with Crippen molar-refractivity contribution in [1.82, 2.24) is 5.32 Å². The molecule has 0 aliphatic rings. The molecule has 2 rings (SSSR count). The lowest BCUT2D eigenvalue weighted by Crippen LogP contribution is -2.32. The molecule has 0 saturated carbocycles. The highest BCUT2D eigenvalue weighted by Gasteiger charge is 2.27. The smallest absolute Gasteiger partial charge is 0.343 e. The van der Waals surface area contributed by atoms with Crippen LogP contribution in [0.1, 0.15) is 5.56 Å². The van der Waals surface area contributed by atoms with Crippen LogP contribution in [-0.4, -0.2) is 27.0 Å². The molecule has 2 N–H and O–H groups in total. The number of hydrogen-bond acceptors (Lipinski definition) is 3. The summed E-state index contributed by atoms with van der Waals surface area (Å²) in [5.41, 5.74) is 0.665. The molecule has 0 heterocycles. The van der Waals surface area contributed by atoms with Gasteiger partial charge in [0.1, 0.15) is 6.54 Å². The van der Waals surface area contributed by atoms with E-state index in [2.05, 4.69) is 4.72 Å².